The Morgan fingerprint density at radius 3 is 2.72 bits per heavy atom. The Balaban J connectivity index is 1.57. The minimum Gasteiger partial charge on any atom is -0.465 e. The lowest BCUT2D eigenvalue weighted by atomic mass is 9.85. The summed E-state index contributed by atoms with van der Waals surface area (Å²) in [5, 5.41) is 16.8. The van der Waals surface area contributed by atoms with Crippen LogP contribution in [0.4, 0.5) is 15.4 Å². The molecule has 172 valence electrons. The van der Waals surface area contributed by atoms with Crippen molar-refractivity contribution in [2.75, 3.05) is 31.1 Å². The maximum Gasteiger partial charge on any atom is 0.407 e. The second-order valence-electron chi connectivity index (χ2n) is 9.54. The number of carbonyl (C=O) groups is 3. The summed E-state index contributed by atoms with van der Waals surface area (Å²) in [6.07, 6.45) is 0.101. The highest BCUT2D eigenvalue weighted by atomic mass is 16.5. The van der Waals surface area contributed by atoms with Crippen LogP contribution in [0.15, 0.2) is 22.7 Å². The summed E-state index contributed by atoms with van der Waals surface area (Å²) in [6.45, 7) is 9.06. The summed E-state index contributed by atoms with van der Waals surface area (Å²) in [4.78, 5) is 40.8. The van der Waals surface area contributed by atoms with Crippen LogP contribution in [0.3, 0.4) is 0 Å². The molecule has 0 spiro atoms. The first kappa shape index (κ1) is 22.1. The van der Waals surface area contributed by atoms with Gasteiger partial charge in [-0.05, 0) is 29.5 Å². The number of anilines is 1. The zero-order valence-electron chi connectivity index (χ0n) is 18.6. The summed E-state index contributed by atoms with van der Waals surface area (Å²) in [7, 11) is 0. The minimum atomic E-state index is -0.874. The topological polar surface area (TPSA) is 119 Å². The van der Waals surface area contributed by atoms with Crippen molar-refractivity contribution >= 4 is 34.8 Å². The SMILES string of the molecule is CC(C)(C)C1CN(Cc2ccc3onc(N4CCC(=O)NC4=O)c3c2)CCCN1C(=O)O. The first-order valence-electron chi connectivity index (χ1n) is 10.8. The number of nitrogens with one attached hydrogen (secondary N) is 1. The fourth-order valence-corrected chi connectivity index (χ4v) is 4.46. The van der Waals surface area contributed by atoms with E-state index in [-0.39, 0.29) is 30.3 Å². The van der Waals surface area contributed by atoms with E-state index in [4.69, 9.17) is 4.52 Å². The second-order valence-corrected chi connectivity index (χ2v) is 9.54. The van der Waals surface area contributed by atoms with Gasteiger partial charge in [0.15, 0.2) is 11.4 Å². The smallest absolute Gasteiger partial charge is 0.407 e. The van der Waals surface area contributed by atoms with Crippen molar-refractivity contribution in [2.24, 2.45) is 5.41 Å². The minimum absolute atomic E-state index is 0.119. The van der Waals surface area contributed by atoms with Crippen LogP contribution in [0.25, 0.3) is 11.0 Å². The molecule has 10 nitrogen and oxygen atoms in total. The standard InChI is InChI=1S/C22H29N5O5/c1-22(2,3)17-13-25(8-4-9-26(17)21(30)31)12-14-5-6-16-15(11-14)19(24-32-16)27-10-7-18(28)23-20(27)29/h5-6,11,17H,4,7-10,12-13H2,1-3H3,(H,30,31)(H,23,28,29). The highest BCUT2D eigenvalue weighted by Gasteiger charge is 2.36. The van der Waals surface area contributed by atoms with Crippen LogP contribution in [-0.4, -0.2) is 70.3 Å². The molecule has 0 saturated carbocycles. The van der Waals surface area contributed by atoms with Gasteiger partial charge in [0.1, 0.15) is 0 Å². The molecule has 3 heterocycles. The molecule has 2 fully saturated rings. The molecule has 4 rings (SSSR count). The molecule has 1 aromatic carbocycles. The van der Waals surface area contributed by atoms with E-state index in [1.54, 1.807) is 4.90 Å². The fraction of sp³-hybridized carbons (Fsp3) is 0.545. The van der Waals surface area contributed by atoms with E-state index >= 15 is 0 Å². The van der Waals surface area contributed by atoms with Crippen molar-refractivity contribution in [2.45, 2.75) is 46.2 Å². The van der Waals surface area contributed by atoms with E-state index in [1.165, 1.54) is 4.90 Å². The summed E-state index contributed by atoms with van der Waals surface area (Å²) in [6, 6.07) is 5.12. The van der Waals surface area contributed by atoms with Crippen molar-refractivity contribution in [3.63, 3.8) is 0 Å². The molecule has 10 heteroatoms. The molecule has 1 aromatic heterocycles. The van der Waals surface area contributed by atoms with Crippen LogP contribution < -0.4 is 10.2 Å². The number of hydrogen-bond donors (Lipinski definition) is 2. The molecule has 2 N–H and O–H groups in total. The number of fused-ring (bicyclic) bond motifs is 1. The van der Waals surface area contributed by atoms with Crippen LogP contribution in [0.2, 0.25) is 0 Å². The number of aromatic nitrogens is 1. The van der Waals surface area contributed by atoms with Gasteiger partial charge in [0.2, 0.25) is 5.91 Å². The highest BCUT2D eigenvalue weighted by Crippen LogP contribution is 2.31. The summed E-state index contributed by atoms with van der Waals surface area (Å²) >= 11 is 0. The molecule has 1 atom stereocenters. The predicted octanol–water partition coefficient (Wildman–Crippen LogP) is 2.87. The summed E-state index contributed by atoms with van der Waals surface area (Å²) in [5.41, 5.74) is 1.40. The normalized spacial score (nSPS) is 21.0. The van der Waals surface area contributed by atoms with Crippen LogP contribution in [0.1, 0.15) is 39.2 Å². The van der Waals surface area contributed by atoms with E-state index in [2.05, 4.69) is 36.1 Å². The number of nitrogens with zero attached hydrogens (tertiary/aromatic N) is 4. The van der Waals surface area contributed by atoms with Gasteiger partial charge in [0.05, 0.1) is 11.4 Å². The monoisotopic (exact) mass is 443 g/mol. The third-order valence-electron chi connectivity index (χ3n) is 6.16. The van der Waals surface area contributed by atoms with E-state index in [0.717, 1.165) is 18.5 Å². The molecular weight excluding hydrogens is 414 g/mol. The van der Waals surface area contributed by atoms with Crippen molar-refractivity contribution in [3.8, 4) is 0 Å². The lowest BCUT2D eigenvalue weighted by Crippen LogP contribution is -2.50. The molecule has 0 radical (unpaired) electrons. The number of hydrogen-bond acceptors (Lipinski definition) is 6. The fourth-order valence-electron chi connectivity index (χ4n) is 4.46. The number of imide groups is 1. The van der Waals surface area contributed by atoms with Gasteiger partial charge < -0.3 is 14.5 Å². The van der Waals surface area contributed by atoms with Crippen molar-refractivity contribution < 1.29 is 24.0 Å². The van der Waals surface area contributed by atoms with E-state index < -0.39 is 12.1 Å². The van der Waals surface area contributed by atoms with Gasteiger partial charge in [-0.25, -0.2) is 9.59 Å². The zero-order valence-corrected chi connectivity index (χ0v) is 18.6. The number of urea groups is 1. The first-order chi connectivity index (χ1) is 15.1. The molecule has 1 unspecified atom stereocenters. The lowest BCUT2D eigenvalue weighted by Gasteiger charge is -2.39. The summed E-state index contributed by atoms with van der Waals surface area (Å²) in [5.74, 6) is 0.0945. The van der Waals surface area contributed by atoms with E-state index in [1.807, 2.05) is 18.2 Å². The number of amides is 4. The average Bonchev–Trinajstić information content (AvgIpc) is 2.98. The zero-order chi connectivity index (χ0) is 23.0. The van der Waals surface area contributed by atoms with Crippen molar-refractivity contribution in [3.05, 3.63) is 23.8 Å². The van der Waals surface area contributed by atoms with Gasteiger partial charge in [-0.15, -0.1) is 0 Å². The number of rotatable bonds is 3. The van der Waals surface area contributed by atoms with Crippen molar-refractivity contribution in [1.29, 1.82) is 0 Å². The molecular formula is C22H29N5O5. The van der Waals surface area contributed by atoms with E-state index in [0.29, 0.717) is 36.4 Å². The molecule has 0 bridgehead atoms. The Hall–Kier alpha value is -3.14. The highest BCUT2D eigenvalue weighted by molar-refractivity contribution is 6.08. The Bertz CT molecular complexity index is 1040. The first-order valence-corrected chi connectivity index (χ1v) is 10.8. The Kier molecular flexibility index (Phi) is 5.81. The van der Waals surface area contributed by atoms with Crippen molar-refractivity contribution in [1.82, 2.24) is 20.3 Å². The average molecular weight is 444 g/mol. The van der Waals surface area contributed by atoms with Crippen LogP contribution >= 0.6 is 0 Å². The largest absolute Gasteiger partial charge is 0.465 e. The van der Waals surface area contributed by atoms with Gasteiger partial charge in [0, 0.05) is 39.1 Å². The molecule has 4 amide bonds. The van der Waals surface area contributed by atoms with Crippen LogP contribution in [-0.2, 0) is 11.3 Å². The number of benzene rings is 1. The second kappa shape index (κ2) is 8.42. The van der Waals surface area contributed by atoms with Crippen LogP contribution in [0, 0.1) is 5.41 Å². The molecule has 2 saturated heterocycles. The third-order valence-corrected chi connectivity index (χ3v) is 6.16. The maximum absolute atomic E-state index is 12.3. The Morgan fingerprint density at radius 1 is 1.25 bits per heavy atom. The van der Waals surface area contributed by atoms with Gasteiger partial charge in [-0.2, -0.15) is 0 Å². The lowest BCUT2D eigenvalue weighted by molar-refractivity contribution is -0.120. The summed E-state index contributed by atoms with van der Waals surface area (Å²) < 4.78 is 5.40. The molecule has 2 aliphatic rings. The Labute approximate surface area is 186 Å². The molecule has 0 aliphatic carbocycles. The number of carboxylic acid groups (broad SMARTS) is 1. The predicted molar refractivity (Wildman–Crippen MR) is 117 cm³/mol. The Morgan fingerprint density at radius 2 is 2.03 bits per heavy atom. The van der Waals surface area contributed by atoms with Gasteiger partial charge >= 0.3 is 12.1 Å². The quantitative estimate of drug-likeness (QED) is 0.748. The van der Waals surface area contributed by atoms with Crippen LogP contribution in [0.5, 0.6) is 0 Å². The van der Waals surface area contributed by atoms with Gasteiger partial charge in [-0.1, -0.05) is 32.0 Å². The molecule has 2 aromatic rings. The van der Waals surface area contributed by atoms with Gasteiger partial charge in [0.25, 0.3) is 0 Å². The molecule has 32 heavy (non-hydrogen) atoms. The van der Waals surface area contributed by atoms with Gasteiger partial charge in [-0.3, -0.25) is 19.9 Å². The van der Waals surface area contributed by atoms with E-state index in [9.17, 15) is 19.5 Å². The maximum atomic E-state index is 12.3. The number of carbonyl (C=O) groups excluding carboxylic acids is 2. The molecule has 2 aliphatic heterocycles. The third kappa shape index (κ3) is 4.40.